The molecule has 1 aliphatic rings. The van der Waals surface area contributed by atoms with Crippen molar-refractivity contribution in [1.82, 2.24) is 19.4 Å². The van der Waals surface area contributed by atoms with Crippen LogP contribution in [0.5, 0.6) is 11.5 Å². The van der Waals surface area contributed by atoms with Crippen molar-refractivity contribution >= 4 is 34.7 Å². The number of aromatic nitrogens is 4. The van der Waals surface area contributed by atoms with Gasteiger partial charge in [-0.1, -0.05) is 11.6 Å². The molecule has 5 rings (SSSR count). The first-order chi connectivity index (χ1) is 17.0. The molecule has 9 nitrogen and oxygen atoms in total. The molecule has 10 heteroatoms. The number of hydrogen-bond donors (Lipinski definition) is 0. The maximum Gasteiger partial charge on any atom is 0.226 e. The SMILES string of the molecule is COc1cc(OC)c(-c2cn3ccc(N4CCN(c5ccnc(N(C)C)n5)CC4)cc3n2)cc1Cl. The molecule has 1 aromatic carbocycles. The highest BCUT2D eigenvalue weighted by atomic mass is 35.5. The Balaban J connectivity index is 1.35. The van der Waals surface area contributed by atoms with Crippen LogP contribution >= 0.6 is 11.6 Å². The Morgan fingerprint density at radius 3 is 2.37 bits per heavy atom. The predicted octanol–water partition coefficient (Wildman–Crippen LogP) is 3.85. The molecule has 0 N–H and O–H groups in total. The minimum absolute atomic E-state index is 0.514. The number of ether oxygens (including phenoxy) is 2. The maximum absolute atomic E-state index is 6.38. The molecule has 1 aliphatic heterocycles. The smallest absolute Gasteiger partial charge is 0.226 e. The molecular weight excluding hydrogens is 466 g/mol. The van der Waals surface area contributed by atoms with Crippen molar-refractivity contribution in [3.8, 4) is 22.8 Å². The van der Waals surface area contributed by atoms with Crippen LogP contribution in [0.3, 0.4) is 0 Å². The first kappa shape index (κ1) is 23.0. The van der Waals surface area contributed by atoms with Crippen LogP contribution in [0.1, 0.15) is 0 Å². The minimum atomic E-state index is 0.514. The van der Waals surface area contributed by atoms with Gasteiger partial charge in [0.05, 0.1) is 24.9 Å². The molecule has 0 radical (unpaired) electrons. The Hall–Kier alpha value is -3.72. The van der Waals surface area contributed by atoms with Gasteiger partial charge in [0.25, 0.3) is 0 Å². The molecule has 3 aromatic heterocycles. The zero-order valence-electron chi connectivity index (χ0n) is 20.3. The third-order valence-corrected chi connectivity index (χ3v) is 6.49. The average Bonchev–Trinajstić information content (AvgIpc) is 3.32. The molecule has 0 amide bonds. The van der Waals surface area contributed by atoms with Crippen molar-refractivity contribution in [2.75, 3.05) is 69.2 Å². The Labute approximate surface area is 209 Å². The van der Waals surface area contributed by atoms with E-state index in [2.05, 4.69) is 31.9 Å². The standard InChI is InChI=1S/C25H28ClN7O2/c1-30(2)25-27-7-5-23(29-25)32-11-9-31(10-12-32)17-6-8-33-16-20(28-24(33)13-17)18-14-19(26)22(35-4)15-21(18)34-3/h5-8,13-16H,9-12H2,1-4H3. The second kappa shape index (κ2) is 9.50. The van der Waals surface area contributed by atoms with Crippen LogP contribution in [-0.4, -0.2) is 73.8 Å². The van der Waals surface area contributed by atoms with Crippen LogP contribution in [-0.2, 0) is 0 Å². The van der Waals surface area contributed by atoms with Crippen molar-refractivity contribution in [3.05, 3.63) is 53.9 Å². The highest BCUT2D eigenvalue weighted by Crippen LogP contribution is 2.38. The van der Waals surface area contributed by atoms with Gasteiger partial charge in [0.15, 0.2) is 0 Å². The Bertz CT molecular complexity index is 1350. The fourth-order valence-corrected chi connectivity index (χ4v) is 4.52. The van der Waals surface area contributed by atoms with Gasteiger partial charge in [-0.25, -0.2) is 9.97 Å². The molecule has 0 bridgehead atoms. The summed E-state index contributed by atoms with van der Waals surface area (Å²) in [6.45, 7) is 3.56. The van der Waals surface area contributed by atoms with Crippen molar-refractivity contribution in [1.29, 1.82) is 0 Å². The van der Waals surface area contributed by atoms with Gasteiger partial charge >= 0.3 is 0 Å². The molecule has 0 atom stereocenters. The summed E-state index contributed by atoms with van der Waals surface area (Å²) in [5, 5.41) is 0.514. The van der Waals surface area contributed by atoms with Crippen LogP contribution in [0.4, 0.5) is 17.5 Å². The van der Waals surface area contributed by atoms with Crippen LogP contribution < -0.4 is 24.2 Å². The van der Waals surface area contributed by atoms with Crippen molar-refractivity contribution in [2.45, 2.75) is 0 Å². The number of fused-ring (bicyclic) bond motifs is 1. The van der Waals surface area contributed by atoms with E-state index in [9.17, 15) is 0 Å². The molecule has 0 spiro atoms. The van der Waals surface area contributed by atoms with Gasteiger partial charge in [0, 0.05) is 82.2 Å². The van der Waals surface area contributed by atoms with E-state index in [-0.39, 0.29) is 0 Å². The van der Waals surface area contributed by atoms with E-state index in [1.54, 1.807) is 20.3 Å². The third-order valence-electron chi connectivity index (χ3n) is 6.19. The molecular formula is C25H28ClN7O2. The summed E-state index contributed by atoms with van der Waals surface area (Å²) in [6.07, 6.45) is 5.84. The van der Waals surface area contributed by atoms with E-state index in [0.29, 0.717) is 16.5 Å². The van der Waals surface area contributed by atoms with Crippen LogP contribution in [0.2, 0.25) is 5.02 Å². The Morgan fingerprint density at radius 2 is 1.66 bits per heavy atom. The molecule has 0 unspecified atom stereocenters. The second-order valence-electron chi connectivity index (χ2n) is 8.55. The number of nitrogens with zero attached hydrogens (tertiary/aromatic N) is 7. The molecule has 4 heterocycles. The van der Waals surface area contributed by atoms with E-state index in [4.69, 9.17) is 26.1 Å². The van der Waals surface area contributed by atoms with E-state index in [1.807, 2.05) is 54.1 Å². The summed E-state index contributed by atoms with van der Waals surface area (Å²) in [6, 6.07) is 9.83. The Kier molecular flexibility index (Phi) is 6.25. The minimum Gasteiger partial charge on any atom is -0.496 e. The molecule has 182 valence electrons. The topological polar surface area (TPSA) is 71.3 Å². The van der Waals surface area contributed by atoms with Gasteiger partial charge in [-0.05, 0) is 18.2 Å². The number of methoxy groups -OCH3 is 2. The molecule has 1 fully saturated rings. The third kappa shape index (κ3) is 4.51. The zero-order chi connectivity index (χ0) is 24.5. The van der Waals surface area contributed by atoms with Crippen molar-refractivity contribution in [2.24, 2.45) is 0 Å². The van der Waals surface area contributed by atoms with Crippen molar-refractivity contribution in [3.63, 3.8) is 0 Å². The number of benzene rings is 1. The summed E-state index contributed by atoms with van der Waals surface area (Å²) < 4.78 is 12.9. The largest absolute Gasteiger partial charge is 0.496 e. The summed E-state index contributed by atoms with van der Waals surface area (Å²) in [7, 11) is 7.12. The van der Waals surface area contributed by atoms with E-state index < -0.39 is 0 Å². The highest BCUT2D eigenvalue weighted by molar-refractivity contribution is 6.32. The maximum atomic E-state index is 6.38. The number of rotatable bonds is 6. The number of pyridine rings is 1. The van der Waals surface area contributed by atoms with E-state index in [1.165, 1.54) is 0 Å². The van der Waals surface area contributed by atoms with Gasteiger partial charge in [-0.3, -0.25) is 0 Å². The van der Waals surface area contributed by atoms with Gasteiger partial charge in [0.2, 0.25) is 5.95 Å². The molecule has 1 saturated heterocycles. The van der Waals surface area contributed by atoms with Crippen LogP contribution in [0.15, 0.2) is 48.9 Å². The summed E-state index contributed by atoms with van der Waals surface area (Å²) in [4.78, 5) is 20.5. The van der Waals surface area contributed by atoms with E-state index >= 15 is 0 Å². The average molecular weight is 494 g/mol. The number of imidazole rings is 1. The quantitative estimate of drug-likeness (QED) is 0.401. The van der Waals surface area contributed by atoms with E-state index in [0.717, 1.165) is 60.5 Å². The lowest BCUT2D eigenvalue weighted by Crippen LogP contribution is -2.47. The first-order valence-electron chi connectivity index (χ1n) is 11.4. The van der Waals surface area contributed by atoms with Gasteiger partial charge < -0.3 is 28.6 Å². The highest BCUT2D eigenvalue weighted by Gasteiger charge is 2.20. The lowest BCUT2D eigenvalue weighted by Gasteiger charge is -2.36. The number of halogens is 1. The molecule has 4 aromatic rings. The second-order valence-corrected chi connectivity index (χ2v) is 8.95. The predicted molar refractivity (Wildman–Crippen MR) is 140 cm³/mol. The molecule has 0 aliphatic carbocycles. The molecule has 35 heavy (non-hydrogen) atoms. The summed E-state index contributed by atoms with van der Waals surface area (Å²) in [5.74, 6) is 2.91. The summed E-state index contributed by atoms with van der Waals surface area (Å²) in [5.41, 5.74) is 3.61. The number of hydrogen-bond acceptors (Lipinski definition) is 8. The van der Waals surface area contributed by atoms with Gasteiger partial charge in [0.1, 0.15) is 23.0 Å². The molecule has 0 saturated carbocycles. The Morgan fingerprint density at radius 1 is 0.914 bits per heavy atom. The summed E-state index contributed by atoms with van der Waals surface area (Å²) >= 11 is 6.38. The fraction of sp³-hybridized carbons (Fsp3) is 0.320. The van der Waals surface area contributed by atoms with Crippen LogP contribution in [0.25, 0.3) is 16.9 Å². The van der Waals surface area contributed by atoms with Crippen molar-refractivity contribution < 1.29 is 9.47 Å². The number of piperazine rings is 1. The van der Waals surface area contributed by atoms with Gasteiger partial charge in [-0.2, -0.15) is 4.98 Å². The monoisotopic (exact) mass is 493 g/mol. The number of anilines is 3. The lowest BCUT2D eigenvalue weighted by molar-refractivity contribution is 0.395. The van der Waals surface area contributed by atoms with Gasteiger partial charge in [-0.15, -0.1) is 0 Å². The lowest BCUT2D eigenvalue weighted by atomic mass is 10.1. The normalized spacial score (nSPS) is 13.9. The zero-order valence-corrected chi connectivity index (χ0v) is 21.0. The fourth-order valence-electron chi connectivity index (χ4n) is 4.28. The first-order valence-corrected chi connectivity index (χ1v) is 11.8. The van der Waals surface area contributed by atoms with Crippen LogP contribution in [0, 0.1) is 0 Å².